The Labute approximate surface area is 173 Å². The van der Waals surface area contributed by atoms with Gasteiger partial charge in [0.05, 0.1) is 5.52 Å². The van der Waals surface area contributed by atoms with Crippen LogP contribution in [0.5, 0.6) is 5.88 Å². The summed E-state index contributed by atoms with van der Waals surface area (Å²) in [5.74, 6) is -1.08. The van der Waals surface area contributed by atoms with Crippen molar-refractivity contribution in [3.05, 3.63) is 51.5 Å². The first-order valence-electron chi connectivity index (χ1n) is 8.35. The van der Waals surface area contributed by atoms with Crippen molar-refractivity contribution in [1.29, 1.82) is 0 Å². The standard InChI is InChI=1S/C19H16BrClN4O3/c1-10-13(21)3-2-4-14(10)22-16(26)7-8-17(27)24-25-18-12-9-11(20)5-6-15(12)23-19(18)28/h2-6,9,23,28H,7-8H2,1H3,(H,22,26). The van der Waals surface area contributed by atoms with Gasteiger partial charge in [-0.25, -0.2) is 0 Å². The number of hydrogen-bond donors (Lipinski definition) is 3. The number of aromatic amines is 1. The number of benzene rings is 2. The summed E-state index contributed by atoms with van der Waals surface area (Å²) >= 11 is 9.37. The Hall–Kier alpha value is -2.71. The van der Waals surface area contributed by atoms with Gasteiger partial charge in [0, 0.05) is 33.4 Å². The van der Waals surface area contributed by atoms with Gasteiger partial charge in [-0.2, -0.15) is 0 Å². The molecule has 0 saturated carbocycles. The van der Waals surface area contributed by atoms with Gasteiger partial charge in [-0.05, 0) is 42.8 Å². The maximum atomic E-state index is 12.1. The molecule has 144 valence electrons. The molecule has 1 aromatic heterocycles. The predicted octanol–water partition coefficient (Wildman–Crippen LogP) is 5.63. The van der Waals surface area contributed by atoms with E-state index in [9.17, 15) is 14.7 Å². The number of rotatable bonds is 5. The highest BCUT2D eigenvalue weighted by atomic mass is 79.9. The molecule has 3 rings (SSSR count). The molecule has 2 aromatic carbocycles. The normalized spacial score (nSPS) is 11.2. The second-order valence-electron chi connectivity index (χ2n) is 6.07. The number of azo groups is 1. The largest absolute Gasteiger partial charge is 0.493 e. The fourth-order valence-electron chi connectivity index (χ4n) is 2.57. The summed E-state index contributed by atoms with van der Waals surface area (Å²) in [7, 11) is 0. The SMILES string of the molecule is Cc1c(Cl)cccc1NC(=O)CCC(=O)N=Nc1c(O)[nH]c2ccc(Br)cc12. The molecule has 0 aliphatic rings. The van der Waals surface area contributed by atoms with Crippen molar-refractivity contribution in [2.24, 2.45) is 10.2 Å². The Morgan fingerprint density at radius 2 is 2.04 bits per heavy atom. The Bertz CT molecular complexity index is 1090. The topological polar surface area (TPSA) is 107 Å². The zero-order valence-electron chi connectivity index (χ0n) is 14.8. The first-order valence-corrected chi connectivity index (χ1v) is 9.52. The van der Waals surface area contributed by atoms with Gasteiger partial charge in [-0.1, -0.05) is 33.6 Å². The average Bonchev–Trinajstić information content (AvgIpc) is 2.96. The van der Waals surface area contributed by atoms with E-state index in [4.69, 9.17) is 11.6 Å². The summed E-state index contributed by atoms with van der Waals surface area (Å²) in [6, 6.07) is 10.5. The Kier molecular flexibility index (Phi) is 6.11. The lowest BCUT2D eigenvalue weighted by atomic mass is 10.2. The third-order valence-electron chi connectivity index (χ3n) is 4.08. The molecule has 0 aliphatic carbocycles. The minimum absolute atomic E-state index is 0.0464. The molecule has 3 aromatic rings. The fraction of sp³-hybridized carbons (Fsp3) is 0.158. The Balaban J connectivity index is 1.61. The van der Waals surface area contributed by atoms with Crippen LogP contribution in [0.2, 0.25) is 5.02 Å². The van der Waals surface area contributed by atoms with Gasteiger partial charge in [0.15, 0.2) is 5.69 Å². The van der Waals surface area contributed by atoms with Crippen LogP contribution in [0.25, 0.3) is 10.9 Å². The summed E-state index contributed by atoms with van der Waals surface area (Å²) in [6.07, 6.45) is -0.156. The van der Waals surface area contributed by atoms with Crippen LogP contribution in [0, 0.1) is 6.92 Å². The van der Waals surface area contributed by atoms with E-state index in [0.717, 1.165) is 10.0 Å². The lowest BCUT2D eigenvalue weighted by molar-refractivity contribution is -0.122. The number of fused-ring (bicyclic) bond motifs is 1. The molecular weight excluding hydrogens is 448 g/mol. The van der Waals surface area contributed by atoms with Gasteiger partial charge in [0.2, 0.25) is 11.8 Å². The monoisotopic (exact) mass is 462 g/mol. The molecule has 0 atom stereocenters. The zero-order valence-corrected chi connectivity index (χ0v) is 17.1. The van der Waals surface area contributed by atoms with Gasteiger partial charge < -0.3 is 15.4 Å². The van der Waals surface area contributed by atoms with Gasteiger partial charge in [-0.15, -0.1) is 10.2 Å². The van der Waals surface area contributed by atoms with Crippen molar-refractivity contribution >= 4 is 61.6 Å². The van der Waals surface area contributed by atoms with Crippen LogP contribution in [-0.2, 0) is 9.59 Å². The average molecular weight is 464 g/mol. The molecular formula is C19H16BrClN4O3. The van der Waals surface area contributed by atoms with E-state index in [2.05, 4.69) is 36.5 Å². The van der Waals surface area contributed by atoms with Gasteiger partial charge in [0.25, 0.3) is 5.91 Å². The molecule has 0 bridgehead atoms. The Morgan fingerprint density at radius 1 is 1.25 bits per heavy atom. The lowest BCUT2D eigenvalue weighted by Gasteiger charge is -2.08. The summed E-state index contributed by atoms with van der Waals surface area (Å²) < 4.78 is 0.801. The van der Waals surface area contributed by atoms with Crippen LogP contribution in [0.1, 0.15) is 18.4 Å². The molecule has 9 heteroatoms. The number of anilines is 1. The third kappa shape index (κ3) is 4.58. The van der Waals surface area contributed by atoms with Gasteiger partial charge >= 0.3 is 0 Å². The second kappa shape index (κ2) is 8.53. The first-order chi connectivity index (χ1) is 13.3. The number of nitrogens with zero attached hydrogens (tertiary/aromatic N) is 2. The van der Waals surface area contributed by atoms with Gasteiger partial charge in [-0.3, -0.25) is 9.59 Å². The van der Waals surface area contributed by atoms with Crippen molar-refractivity contribution < 1.29 is 14.7 Å². The summed E-state index contributed by atoms with van der Waals surface area (Å²) in [5.41, 5.74) is 2.19. The van der Waals surface area contributed by atoms with Crippen molar-refractivity contribution in [2.45, 2.75) is 19.8 Å². The minimum Gasteiger partial charge on any atom is -0.493 e. The zero-order chi connectivity index (χ0) is 20.3. The highest BCUT2D eigenvalue weighted by molar-refractivity contribution is 9.10. The molecule has 0 fully saturated rings. The molecule has 0 aliphatic heterocycles. The quantitative estimate of drug-likeness (QED) is 0.427. The van der Waals surface area contributed by atoms with Crippen molar-refractivity contribution in [3.8, 4) is 5.88 Å². The maximum absolute atomic E-state index is 12.1. The molecule has 2 amide bonds. The molecule has 28 heavy (non-hydrogen) atoms. The highest BCUT2D eigenvalue weighted by Gasteiger charge is 2.13. The number of carbonyl (C=O) groups excluding carboxylic acids is 2. The van der Waals surface area contributed by atoms with E-state index < -0.39 is 5.91 Å². The van der Waals surface area contributed by atoms with Crippen molar-refractivity contribution in [3.63, 3.8) is 0 Å². The van der Waals surface area contributed by atoms with Crippen LogP contribution in [0.4, 0.5) is 11.4 Å². The minimum atomic E-state index is -0.568. The number of halogens is 2. The van der Waals surface area contributed by atoms with E-state index in [1.165, 1.54) is 0 Å². The molecule has 3 N–H and O–H groups in total. The molecule has 1 heterocycles. The number of nitrogens with one attached hydrogen (secondary N) is 2. The molecule has 0 saturated heterocycles. The van der Waals surface area contributed by atoms with E-state index in [0.29, 0.717) is 21.6 Å². The summed E-state index contributed by atoms with van der Waals surface area (Å²) in [5, 5.41) is 21.3. The lowest BCUT2D eigenvalue weighted by Crippen LogP contribution is -2.13. The first kappa shape index (κ1) is 20.0. The van der Waals surface area contributed by atoms with Crippen LogP contribution in [-0.4, -0.2) is 21.9 Å². The smallest absolute Gasteiger partial charge is 0.265 e. The number of H-pyrrole nitrogens is 1. The van der Waals surface area contributed by atoms with Crippen LogP contribution in [0.15, 0.2) is 51.1 Å². The second-order valence-corrected chi connectivity index (χ2v) is 7.39. The summed E-state index contributed by atoms with van der Waals surface area (Å²) in [4.78, 5) is 26.8. The van der Waals surface area contributed by atoms with Crippen LogP contribution >= 0.6 is 27.5 Å². The molecule has 7 nitrogen and oxygen atoms in total. The van der Waals surface area contributed by atoms with Crippen molar-refractivity contribution in [2.75, 3.05) is 5.32 Å². The van der Waals surface area contributed by atoms with E-state index in [1.54, 1.807) is 37.3 Å². The molecule has 0 unspecified atom stereocenters. The maximum Gasteiger partial charge on any atom is 0.265 e. The number of carbonyl (C=O) groups is 2. The predicted molar refractivity (Wildman–Crippen MR) is 111 cm³/mol. The number of aromatic hydroxyl groups is 1. The van der Waals surface area contributed by atoms with Gasteiger partial charge in [0.1, 0.15) is 0 Å². The van der Waals surface area contributed by atoms with Crippen LogP contribution in [0.3, 0.4) is 0 Å². The third-order valence-corrected chi connectivity index (χ3v) is 4.99. The number of amides is 2. The summed E-state index contributed by atoms with van der Waals surface area (Å²) in [6.45, 7) is 1.79. The van der Waals surface area contributed by atoms with E-state index in [1.807, 2.05) is 6.07 Å². The Morgan fingerprint density at radius 3 is 2.82 bits per heavy atom. The molecule has 0 radical (unpaired) electrons. The fourth-order valence-corrected chi connectivity index (χ4v) is 3.10. The number of aromatic nitrogens is 1. The highest BCUT2D eigenvalue weighted by Crippen LogP contribution is 2.36. The molecule has 0 spiro atoms. The van der Waals surface area contributed by atoms with E-state index in [-0.39, 0.29) is 30.3 Å². The van der Waals surface area contributed by atoms with Crippen molar-refractivity contribution in [1.82, 2.24) is 4.98 Å². The van der Waals surface area contributed by atoms with E-state index >= 15 is 0 Å². The number of hydrogen-bond acceptors (Lipinski definition) is 4. The van der Waals surface area contributed by atoms with Crippen LogP contribution < -0.4 is 5.32 Å².